The smallest absolute Gasteiger partial charge is 0.293 e. The first kappa shape index (κ1) is 22.3. The molecule has 1 aliphatic rings. The third-order valence-corrected chi connectivity index (χ3v) is 6.89. The highest BCUT2D eigenvalue weighted by molar-refractivity contribution is 8.18. The molecule has 2 heterocycles. The van der Waals surface area contributed by atoms with E-state index in [9.17, 15) is 9.59 Å². The second-order valence-corrected chi connectivity index (χ2v) is 9.22. The Morgan fingerprint density at radius 1 is 0.912 bits per heavy atom. The minimum absolute atomic E-state index is 0.153. The Hall–Kier alpha value is -3.48. The summed E-state index contributed by atoms with van der Waals surface area (Å²) in [4.78, 5) is 27.3. The molecule has 0 radical (unpaired) electrons. The van der Waals surface area contributed by atoms with Gasteiger partial charge >= 0.3 is 0 Å². The van der Waals surface area contributed by atoms with Crippen LogP contribution in [0.1, 0.15) is 11.1 Å². The maximum absolute atomic E-state index is 13.1. The van der Waals surface area contributed by atoms with Gasteiger partial charge in [0, 0.05) is 27.7 Å². The van der Waals surface area contributed by atoms with Crippen LogP contribution < -0.4 is 4.74 Å². The largest absolute Gasteiger partial charge is 0.492 e. The maximum Gasteiger partial charge on any atom is 0.293 e. The van der Waals surface area contributed by atoms with Crippen LogP contribution in [-0.2, 0) is 17.9 Å². The van der Waals surface area contributed by atoms with Crippen LogP contribution >= 0.6 is 23.4 Å². The van der Waals surface area contributed by atoms with Gasteiger partial charge in [-0.2, -0.15) is 0 Å². The van der Waals surface area contributed by atoms with Crippen molar-refractivity contribution in [2.75, 3.05) is 6.61 Å². The molecule has 0 atom stereocenters. The second-order valence-electron chi connectivity index (χ2n) is 7.82. The van der Waals surface area contributed by atoms with Crippen molar-refractivity contribution in [2.45, 2.75) is 13.1 Å². The number of para-hydroxylation sites is 2. The monoisotopic (exact) mass is 488 g/mol. The van der Waals surface area contributed by atoms with Gasteiger partial charge in [-0.25, -0.2) is 0 Å². The number of hydrogen-bond acceptors (Lipinski definition) is 4. The molecule has 0 spiro atoms. The van der Waals surface area contributed by atoms with Gasteiger partial charge < -0.3 is 9.30 Å². The molecule has 1 aliphatic heterocycles. The van der Waals surface area contributed by atoms with E-state index in [1.807, 2.05) is 79.0 Å². The summed E-state index contributed by atoms with van der Waals surface area (Å²) in [5.41, 5.74) is 2.67. The zero-order chi connectivity index (χ0) is 23.5. The van der Waals surface area contributed by atoms with E-state index in [0.717, 1.165) is 39.5 Å². The third kappa shape index (κ3) is 4.60. The van der Waals surface area contributed by atoms with Gasteiger partial charge in [0.2, 0.25) is 0 Å². The number of halogens is 1. The molecule has 4 aromatic rings. The predicted octanol–water partition coefficient (Wildman–Crippen LogP) is 6.61. The van der Waals surface area contributed by atoms with Crippen LogP contribution in [0.3, 0.4) is 0 Å². The van der Waals surface area contributed by atoms with Crippen LogP contribution in [0.25, 0.3) is 17.0 Å². The lowest BCUT2D eigenvalue weighted by atomic mass is 10.1. The maximum atomic E-state index is 13.1. The Kier molecular flexibility index (Phi) is 6.43. The third-order valence-electron chi connectivity index (χ3n) is 5.61. The van der Waals surface area contributed by atoms with Crippen LogP contribution in [0.15, 0.2) is 90.0 Å². The molecule has 0 N–H and O–H groups in total. The molecule has 2 amide bonds. The Bertz CT molecular complexity index is 1400. The summed E-state index contributed by atoms with van der Waals surface area (Å²) in [5.74, 6) is 0.519. The molecule has 1 fully saturated rings. The van der Waals surface area contributed by atoms with Crippen molar-refractivity contribution in [3.8, 4) is 5.75 Å². The molecule has 5 nitrogen and oxygen atoms in total. The number of imide groups is 1. The summed E-state index contributed by atoms with van der Waals surface area (Å²) in [5, 5.41) is 1.25. The van der Waals surface area contributed by atoms with Crippen LogP contribution in [-0.4, -0.2) is 27.2 Å². The van der Waals surface area contributed by atoms with Gasteiger partial charge in [0.1, 0.15) is 12.4 Å². The summed E-state index contributed by atoms with van der Waals surface area (Å²) in [6.45, 7) is 1.31. The molecule has 3 aromatic carbocycles. The molecule has 0 aliphatic carbocycles. The van der Waals surface area contributed by atoms with Crippen LogP contribution in [0.2, 0.25) is 5.02 Å². The van der Waals surface area contributed by atoms with Crippen molar-refractivity contribution in [1.82, 2.24) is 9.47 Å². The van der Waals surface area contributed by atoms with Crippen molar-refractivity contribution in [3.05, 3.63) is 106 Å². The number of fused-ring (bicyclic) bond motifs is 1. The highest BCUT2D eigenvalue weighted by atomic mass is 35.5. The lowest BCUT2D eigenvalue weighted by molar-refractivity contribution is -0.123. The van der Waals surface area contributed by atoms with E-state index in [1.165, 1.54) is 4.90 Å². The minimum atomic E-state index is -0.306. The fourth-order valence-electron chi connectivity index (χ4n) is 3.93. The zero-order valence-corrected chi connectivity index (χ0v) is 19.8. The number of thioether (sulfide) groups is 1. The summed E-state index contributed by atoms with van der Waals surface area (Å²) < 4.78 is 7.97. The average Bonchev–Trinajstić information content (AvgIpc) is 3.33. The molecular formula is C27H21ClN2O3S. The van der Waals surface area contributed by atoms with Gasteiger partial charge in [-0.05, 0) is 47.7 Å². The SMILES string of the molecule is O=C1S/C(=C\c2cn(CCOc3ccccc3)c3ccccc23)C(=O)N1Cc1ccccc1Cl. The zero-order valence-electron chi connectivity index (χ0n) is 18.2. The lowest BCUT2D eigenvalue weighted by Crippen LogP contribution is -2.27. The van der Waals surface area contributed by atoms with Gasteiger partial charge in [-0.15, -0.1) is 0 Å². The van der Waals surface area contributed by atoms with E-state index in [0.29, 0.717) is 23.1 Å². The molecule has 1 aromatic heterocycles. The number of carbonyl (C=O) groups excluding carboxylic acids is 2. The normalized spacial score (nSPS) is 15.0. The Morgan fingerprint density at radius 3 is 2.47 bits per heavy atom. The second kappa shape index (κ2) is 9.79. The molecular weight excluding hydrogens is 468 g/mol. The van der Waals surface area contributed by atoms with Crippen molar-refractivity contribution >= 4 is 51.5 Å². The minimum Gasteiger partial charge on any atom is -0.492 e. The van der Waals surface area contributed by atoms with E-state index < -0.39 is 0 Å². The van der Waals surface area contributed by atoms with Crippen molar-refractivity contribution in [1.29, 1.82) is 0 Å². The molecule has 0 unspecified atom stereocenters. The number of ether oxygens (including phenoxy) is 1. The van der Waals surface area contributed by atoms with Crippen LogP contribution in [0.5, 0.6) is 5.75 Å². The molecule has 0 bridgehead atoms. The predicted molar refractivity (Wildman–Crippen MR) is 137 cm³/mol. The van der Waals surface area contributed by atoms with Gasteiger partial charge in [-0.1, -0.05) is 66.2 Å². The molecule has 0 saturated carbocycles. The van der Waals surface area contributed by atoms with Gasteiger partial charge in [0.05, 0.1) is 18.0 Å². The highest BCUT2D eigenvalue weighted by Gasteiger charge is 2.35. The number of amides is 2. The van der Waals surface area contributed by atoms with Crippen LogP contribution in [0.4, 0.5) is 4.79 Å². The van der Waals surface area contributed by atoms with E-state index in [2.05, 4.69) is 4.57 Å². The van der Waals surface area contributed by atoms with Crippen molar-refractivity contribution < 1.29 is 14.3 Å². The number of benzene rings is 3. The topological polar surface area (TPSA) is 51.5 Å². The van der Waals surface area contributed by atoms with Crippen LogP contribution in [0, 0.1) is 0 Å². The summed E-state index contributed by atoms with van der Waals surface area (Å²) in [6.07, 6.45) is 3.80. The first-order chi connectivity index (χ1) is 16.6. The van der Waals surface area contributed by atoms with Gasteiger partial charge in [-0.3, -0.25) is 14.5 Å². The summed E-state index contributed by atoms with van der Waals surface area (Å²) in [7, 11) is 0. The Balaban J connectivity index is 1.37. The lowest BCUT2D eigenvalue weighted by Gasteiger charge is -2.13. The number of aromatic nitrogens is 1. The average molecular weight is 489 g/mol. The molecule has 34 heavy (non-hydrogen) atoms. The van der Waals surface area contributed by atoms with Crippen molar-refractivity contribution in [2.24, 2.45) is 0 Å². The Morgan fingerprint density at radius 2 is 1.65 bits per heavy atom. The number of rotatable bonds is 7. The number of nitrogens with zero attached hydrogens (tertiary/aromatic N) is 2. The van der Waals surface area contributed by atoms with E-state index in [4.69, 9.17) is 16.3 Å². The summed E-state index contributed by atoms with van der Waals surface area (Å²) in [6, 6.07) is 24.9. The number of hydrogen-bond donors (Lipinski definition) is 0. The molecule has 1 saturated heterocycles. The van der Waals surface area contributed by atoms with E-state index >= 15 is 0 Å². The molecule has 7 heteroatoms. The first-order valence-corrected chi connectivity index (χ1v) is 12.0. The first-order valence-electron chi connectivity index (χ1n) is 10.8. The standard InChI is InChI=1S/C27H21ClN2O3S/c28-23-12-6-4-8-19(23)18-30-26(31)25(34-27(30)32)16-20-17-29(24-13-7-5-11-22(20)24)14-15-33-21-9-2-1-3-10-21/h1-13,16-17H,14-15,18H2/b25-16-. The van der Waals surface area contributed by atoms with Gasteiger partial charge in [0.15, 0.2) is 0 Å². The Labute approximate surface area is 206 Å². The van der Waals surface area contributed by atoms with E-state index in [-0.39, 0.29) is 17.7 Å². The summed E-state index contributed by atoms with van der Waals surface area (Å²) >= 11 is 7.19. The van der Waals surface area contributed by atoms with Crippen molar-refractivity contribution in [3.63, 3.8) is 0 Å². The molecule has 5 rings (SSSR count). The number of carbonyl (C=O) groups is 2. The van der Waals surface area contributed by atoms with Gasteiger partial charge in [0.25, 0.3) is 11.1 Å². The quantitative estimate of drug-likeness (QED) is 0.275. The fraction of sp³-hybridized carbons (Fsp3) is 0.111. The highest BCUT2D eigenvalue weighted by Crippen LogP contribution is 2.35. The molecule has 170 valence electrons. The van der Waals surface area contributed by atoms with E-state index in [1.54, 1.807) is 12.1 Å². The fourth-order valence-corrected chi connectivity index (χ4v) is 4.95.